The van der Waals surface area contributed by atoms with Gasteiger partial charge < -0.3 is 10.7 Å². The standard InChI is InChI=1S/C13H15FN2/c14-10-1-2-11-9(7-10)8-12(16-11)13(3-4-13)5-6-15/h1-2,7-8,16H,3-6,15H2. The van der Waals surface area contributed by atoms with E-state index in [1.165, 1.54) is 24.6 Å². The Balaban J connectivity index is 2.05. The number of aromatic amines is 1. The van der Waals surface area contributed by atoms with Gasteiger partial charge in [-0.2, -0.15) is 0 Å². The Kier molecular flexibility index (Phi) is 2.04. The molecule has 3 rings (SSSR count). The Morgan fingerprint density at radius 3 is 2.81 bits per heavy atom. The van der Waals surface area contributed by atoms with E-state index in [0.29, 0.717) is 6.54 Å². The molecule has 2 aromatic rings. The van der Waals surface area contributed by atoms with Crippen LogP contribution in [0.2, 0.25) is 0 Å². The fraction of sp³-hybridized carbons (Fsp3) is 0.385. The maximum atomic E-state index is 13.1. The third kappa shape index (κ3) is 1.43. The lowest BCUT2D eigenvalue weighted by Gasteiger charge is -2.10. The summed E-state index contributed by atoms with van der Waals surface area (Å²) in [6.07, 6.45) is 3.40. The van der Waals surface area contributed by atoms with Crippen molar-refractivity contribution in [1.29, 1.82) is 0 Å². The van der Waals surface area contributed by atoms with Gasteiger partial charge in [-0.3, -0.25) is 0 Å². The van der Waals surface area contributed by atoms with Gasteiger partial charge in [0, 0.05) is 22.0 Å². The Labute approximate surface area is 93.6 Å². The molecule has 0 spiro atoms. The molecule has 1 aliphatic carbocycles. The van der Waals surface area contributed by atoms with Gasteiger partial charge in [0.1, 0.15) is 5.82 Å². The number of fused-ring (bicyclic) bond motifs is 1. The van der Waals surface area contributed by atoms with Gasteiger partial charge in [0.05, 0.1) is 0 Å². The molecule has 1 aromatic carbocycles. The number of H-pyrrole nitrogens is 1. The first kappa shape index (κ1) is 9.85. The lowest BCUT2D eigenvalue weighted by atomic mass is 9.98. The zero-order valence-electron chi connectivity index (χ0n) is 9.09. The molecule has 0 atom stereocenters. The molecule has 0 aliphatic heterocycles. The summed E-state index contributed by atoms with van der Waals surface area (Å²) >= 11 is 0. The molecule has 1 fully saturated rings. The van der Waals surface area contributed by atoms with Gasteiger partial charge in [0.2, 0.25) is 0 Å². The van der Waals surface area contributed by atoms with E-state index in [0.717, 1.165) is 17.3 Å². The van der Waals surface area contributed by atoms with Crippen LogP contribution in [0.1, 0.15) is 25.0 Å². The van der Waals surface area contributed by atoms with Crippen molar-refractivity contribution in [3.63, 3.8) is 0 Å². The largest absolute Gasteiger partial charge is 0.358 e. The first-order chi connectivity index (χ1) is 7.73. The Morgan fingerprint density at radius 2 is 2.12 bits per heavy atom. The molecule has 84 valence electrons. The maximum absolute atomic E-state index is 13.1. The highest BCUT2D eigenvalue weighted by Gasteiger charge is 2.44. The monoisotopic (exact) mass is 218 g/mol. The molecule has 0 amide bonds. The maximum Gasteiger partial charge on any atom is 0.123 e. The van der Waals surface area contributed by atoms with E-state index in [2.05, 4.69) is 11.1 Å². The summed E-state index contributed by atoms with van der Waals surface area (Å²) in [7, 11) is 0. The highest BCUT2D eigenvalue weighted by molar-refractivity contribution is 5.81. The quantitative estimate of drug-likeness (QED) is 0.817. The minimum absolute atomic E-state index is 0.179. The van der Waals surface area contributed by atoms with E-state index < -0.39 is 0 Å². The Bertz CT molecular complexity index is 526. The van der Waals surface area contributed by atoms with Crippen molar-refractivity contribution in [2.45, 2.75) is 24.7 Å². The molecule has 16 heavy (non-hydrogen) atoms. The third-order valence-electron chi connectivity index (χ3n) is 3.63. The van der Waals surface area contributed by atoms with Crippen molar-refractivity contribution in [2.75, 3.05) is 6.54 Å². The molecule has 0 unspecified atom stereocenters. The molecule has 1 aliphatic rings. The second-order valence-corrected chi connectivity index (χ2v) is 4.73. The average molecular weight is 218 g/mol. The summed E-state index contributed by atoms with van der Waals surface area (Å²) in [4.78, 5) is 3.39. The fourth-order valence-electron chi connectivity index (χ4n) is 2.47. The van der Waals surface area contributed by atoms with E-state index >= 15 is 0 Å². The van der Waals surface area contributed by atoms with Gasteiger partial charge in [-0.05, 0) is 50.1 Å². The summed E-state index contributed by atoms with van der Waals surface area (Å²) < 4.78 is 13.1. The summed E-state index contributed by atoms with van der Waals surface area (Å²) in [5, 5.41) is 0.957. The topological polar surface area (TPSA) is 41.8 Å². The predicted octanol–water partition coefficient (Wildman–Crippen LogP) is 2.69. The summed E-state index contributed by atoms with van der Waals surface area (Å²) in [6, 6.07) is 6.94. The van der Waals surface area contributed by atoms with Crippen LogP contribution in [0.4, 0.5) is 4.39 Å². The summed E-state index contributed by atoms with van der Waals surface area (Å²) in [5.41, 5.74) is 8.13. The van der Waals surface area contributed by atoms with Crippen LogP contribution in [0, 0.1) is 5.82 Å². The lowest BCUT2D eigenvalue weighted by Crippen LogP contribution is -2.13. The second kappa shape index (κ2) is 3.32. The molecule has 3 heteroatoms. The number of aromatic nitrogens is 1. The SMILES string of the molecule is NCCC1(c2cc3cc(F)ccc3[nH]2)CC1. The normalized spacial score (nSPS) is 17.9. The molecule has 1 saturated carbocycles. The minimum atomic E-state index is -0.179. The van der Waals surface area contributed by atoms with Gasteiger partial charge in [0.15, 0.2) is 0 Å². The van der Waals surface area contributed by atoms with Gasteiger partial charge in [-0.1, -0.05) is 0 Å². The number of hydrogen-bond donors (Lipinski definition) is 2. The van der Waals surface area contributed by atoms with Crippen LogP contribution >= 0.6 is 0 Å². The van der Waals surface area contributed by atoms with Crippen molar-refractivity contribution in [3.05, 3.63) is 35.8 Å². The average Bonchev–Trinajstić information content (AvgIpc) is 2.91. The number of benzene rings is 1. The minimum Gasteiger partial charge on any atom is -0.358 e. The van der Waals surface area contributed by atoms with Crippen molar-refractivity contribution >= 4 is 10.9 Å². The summed E-state index contributed by atoms with van der Waals surface area (Å²) in [5.74, 6) is -0.179. The number of hydrogen-bond acceptors (Lipinski definition) is 1. The lowest BCUT2D eigenvalue weighted by molar-refractivity contribution is 0.615. The van der Waals surface area contributed by atoms with E-state index in [1.54, 1.807) is 12.1 Å². The first-order valence-corrected chi connectivity index (χ1v) is 5.72. The van der Waals surface area contributed by atoms with Crippen LogP contribution < -0.4 is 5.73 Å². The molecule has 2 nitrogen and oxygen atoms in total. The van der Waals surface area contributed by atoms with Gasteiger partial charge in [-0.15, -0.1) is 0 Å². The Morgan fingerprint density at radius 1 is 1.31 bits per heavy atom. The molecular weight excluding hydrogens is 203 g/mol. The molecular formula is C13H15FN2. The molecule has 3 N–H and O–H groups in total. The summed E-state index contributed by atoms with van der Waals surface area (Å²) in [6.45, 7) is 0.712. The number of nitrogens with two attached hydrogens (primary N) is 1. The molecule has 0 saturated heterocycles. The molecule has 1 aromatic heterocycles. The van der Waals surface area contributed by atoms with Crippen LogP contribution in [0.3, 0.4) is 0 Å². The van der Waals surface area contributed by atoms with Gasteiger partial charge in [0.25, 0.3) is 0 Å². The first-order valence-electron chi connectivity index (χ1n) is 5.72. The number of nitrogens with one attached hydrogen (secondary N) is 1. The number of halogens is 1. The molecule has 0 bridgehead atoms. The van der Waals surface area contributed by atoms with E-state index in [-0.39, 0.29) is 11.2 Å². The van der Waals surface area contributed by atoms with Crippen LogP contribution in [0.5, 0.6) is 0 Å². The van der Waals surface area contributed by atoms with Crippen molar-refractivity contribution in [3.8, 4) is 0 Å². The highest BCUT2D eigenvalue weighted by atomic mass is 19.1. The molecule has 1 heterocycles. The zero-order chi connectivity index (χ0) is 11.2. The fourth-order valence-corrected chi connectivity index (χ4v) is 2.47. The predicted molar refractivity (Wildman–Crippen MR) is 62.8 cm³/mol. The van der Waals surface area contributed by atoms with Crippen molar-refractivity contribution in [2.24, 2.45) is 5.73 Å². The van der Waals surface area contributed by atoms with Crippen molar-refractivity contribution in [1.82, 2.24) is 4.98 Å². The third-order valence-corrected chi connectivity index (χ3v) is 3.63. The van der Waals surface area contributed by atoms with Crippen LogP contribution in [0.15, 0.2) is 24.3 Å². The highest BCUT2D eigenvalue weighted by Crippen LogP contribution is 2.50. The van der Waals surface area contributed by atoms with Crippen LogP contribution in [0.25, 0.3) is 10.9 Å². The van der Waals surface area contributed by atoms with E-state index in [9.17, 15) is 4.39 Å². The van der Waals surface area contributed by atoms with Crippen molar-refractivity contribution < 1.29 is 4.39 Å². The van der Waals surface area contributed by atoms with Gasteiger partial charge in [-0.25, -0.2) is 4.39 Å². The van der Waals surface area contributed by atoms with E-state index in [4.69, 9.17) is 5.73 Å². The second-order valence-electron chi connectivity index (χ2n) is 4.73. The van der Waals surface area contributed by atoms with Crippen LogP contribution in [-0.2, 0) is 5.41 Å². The smallest absolute Gasteiger partial charge is 0.123 e. The number of rotatable bonds is 3. The zero-order valence-corrected chi connectivity index (χ0v) is 9.09. The Hall–Kier alpha value is -1.35. The molecule has 0 radical (unpaired) electrons. The van der Waals surface area contributed by atoms with Crippen LogP contribution in [-0.4, -0.2) is 11.5 Å². The van der Waals surface area contributed by atoms with Gasteiger partial charge >= 0.3 is 0 Å². The van der Waals surface area contributed by atoms with E-state index in [1.807, 2.05) is 0 Å².